The smallest absolute Gasteiger partial charge is 0.237 e. The molecule has 0 spiro atoms. The maximum Gasteiger partial charge on any atom is 0.237 e. The number of carbonyl (C=O) groups is 1. The fourth-order valence-electron chi connectivity index (χ4n) is 4.37. The normalized spacial score (nSPS) is 22.3. The Morgan fingerprint density at radius 3 is 2.73 bits per heavy atom. The van der Waals surface area contributed by atoms with E-state index in [-0.39, 0.29) is 17.4 Å². The van der Waals surface area contributed by atoms with Crippen LogP contribution in [-0.2, 0) is 11.3 Å². The molecule has 0 aliphatic carbocycles. The number of rotatable bonds is 4. The Labute approximate surface area is 187 Å². The van der Waals surface area contributed by atoms with Crippen LogP contribution in [0.4, 0.5) is 0 Å². The van der Waals surface area contributed by atoms with Gasteiger partial charge in [-0.2, -0.15) is 5.10 Å². The Balaban J connectivity index is 1.43. The monoisotopic (exact) mass is 471 g/mol. The Morgan fingerprint density at radius 1 is 1.23 bits per heavy atom. The predicted molar refractivity (Wildman–Crippen MR) is 125 cm³/mol. The number of piperazine rings is 1. The summed E-state index contributed by atoms with van der Waals surface area (Å²) in [6.07, 6.45) is 4.51. The molecule has 0 aromatic heterocycles. The zero-order chi connectivity index (χ0) is 21.5. The van der Waals surface area contributed by atoms with Gasteiger partial charge in [0.1, 0.15) is 6.34 Å². The van der Waals surface area contributed by atoms with Crippen LogP contribution in [0, 0.1) is 12.3 Å². The van der Waals surface area contributed by atoms with E-state index in [1.807, 2.05) is 16.1 Å². The van der Waals surface area contributed by atoms with Crippen LogP contribution in [-0.4, -0.2) is 65.0 Å². The molecular weight excluding hydrogens is 442 g/mol. The van der Waals surface area contributed by atoms with Crippen LogP contribution >= 0.6 is 15.9 Å². The molecule has 1 amide bonds. The molecule has 30 heavy (non-hydrogen) atoms. The number of hydrazone groups is 1. The average molecular weight is 472 g/mol. The van der Waals surface area contributed by atoms with E-state index in [0.717, 1.165) is 41.8 Å². The molecule has 160 valence electrons. The number of nitrogens with zero attached hydrogens (tertiary/aromatic N) is 5. The minimum absolute atomic E-state index is 0.145. The summed E-state index contributed by atoms with van der Waals surface area (Å²) in [5.74, 6) is 0.222. The predicted octanol–water partition coefficient (Wildman–Crippen LogP) is 3.74. The van der Waals surface area contributed by atoms with Crippen molar-refractivity contribution in [3.05, 3.63) is 45.6 Å². The highest BCUT2D eigenvalue weighted by Gasteiger charge is 2.31. The molecule has 1 aromatic rings. The van der Waals surface area contributed by atoms with Gasteiger partial charge in [-0.05, 0) is 35.1 Å². The molecule has 1 fully saturated rings. The Hall–Kier alpha value is -1.99. The van der Waals surface area contributed by atoms with E-state index in [1.165, 1.54) is 11.1 Å². The molecular formula is C23H30BrN5O. The number of benzene rings is 1. The highest BCUT2D eigenvalue weighted by atomic mass is 79.9. The lowest BCUT2D eigenvalue weighted by Crippen LogP contribution is -2.51. The number of aryl methyl sites for hydroxylation is 1. The van der Waals surface area contributed by atoms with E-state index in [2.05, 4.69) is 76.8 Å². The molecule has 7 heteroatoms. The second-order valence-electron chi connectivity index (χ2n) is 9.65. The first-order valence-electron chi connectivity index (χ1n) is 10.5. The van der Waals surface area contributed by atoms with Crippen LogP contribution in [0.5, 0.6) is 0 Å². The number of hydrogen-bond acceptors (Lipinski definition) is 5. The largest absolute Gasteiger partial charge is 0.336 e. The van der Waals surface area contributed by atoms with Crippen LogP contribution in [0.1, 0.15) is 43.9 Å². The number of halogens is 1. The molecule has 1 atom stereocenters. The number of fused-ring (bicyclic) bond motifs is 1. The Bertz CT molecular complexity index is 930. The first-order chi connectivity index (χ1) is 14.2. The van der Waals surface area contributed by atoms with Crippen molar-refractivity contribution in [3.63, 3.8) is 0 Å². The number of aliphatic imine (C=N–C) groups is 1. The summed E-state index contributed by atoms with van der Waals surface area (Å²) in [7, 11) is 0. The molecule has 0 radical (unpaired) electrons. The molecule has 6 nitrogen and oxygen atoms in total. The third-order valence-electron chi connectivity index (χ3n) is 5.77. The maximum atomic E-state index is 12.7. The second-order valence-corrected chi connectivity index (χ2v) is 10.7. The van der Waals surface area contributed by atoms with Crippen LogP contribution in [0.3, 0.4) is 0 Å². The molecule has 1 saturated heterocycles. The van der Waals surface area contributed by atoms with E-state index in [9.17, 15) is 4.79 Å². The van der Waals surface area contributed by atoms with Crippen molar-refractivity contribution in [2.75, 3.05) is 26.2 Å². The fourth-order valence-corrected chi connectivity index (χ4v) is 4.89. The molecule has 0 N–H and O–H groups in total. The van der Waals surface area contributed by atoms with Gasteiger partial charge in [-0.1, -0.05) is 48.8 Å². The van der Waals surface area contributed by atoms with Crippen LogP contribution in [0.25, 0.3) is 0 Å². The lowest BCUT2D eigenvalue weighted by atomic mass is 9.95. The molecule has 3 aliphatic rings. The van der Waals surface area contributed by atoms with Gasteiger partial charge in [0.15, 0.2) is 0 Å². The first-order valence-corrected chi connectivity index (χ1v) is 11.3. The third kappa shape index (κ3) is 4.67. The van der Waals surface area contributed by atoms with E-state index >= 15 is 0 Å². The van der Waals surface area contributed by atoms with E-state index < -0.39 is 0 Å². The number of amides is 1. The molecule has 4 rings (SSSR count). The second kappa shape index (κ2) is 8.27. The average Bonchev–Trinajstić information content (AvgIpc) is 3.04. The third-order valence-corrected chi connectivity index (χ3v) is 6.30. The number of carbonyl (C=O) groups excluding carboxylic acids is 1. The van der Waals surface area contributed by atoms with Crippen LogP contribution < -0.4 is 0 Å². The Kier molecular flexibility index (Phi) is 5.86. The van der Waals surface area contributed by atoms with Crippen molar-refractivity contribution >= 4 is 33.9 Å². The van der Waals surface area contributed by atoms with Gasteiger partial charge < -0.3 is 4.90 Å². The minimum atomic E-state index is 0.145. The van der Waals surface area contributed by atoms with Gasteiger partial charge >= 0.3 is 0 Å². The van der Waals surface area contributed by atoms with Crippen molar-refractivity contribution < 1.29 is 4.79 Å². The van der Waals surface area contributed by atoms with Gasteiger partial charge in [0, 0.05) is 43.3 Å². The standard InChI is InChI=1S/C23H30BrN5O/c1-16-9-17(22-20-10-19(24)12-29(20)26-15-25-22)5-6-18(16)11-28-8-7-27(13-21(28)30)14-23(2,3)4/h5-6,9,12,15,20H,7-8,10-11,13-14H2,1-4H3. The molecule has 3 aliphatic heterocycles. The molecule has 1 aromatic carbocycles. The summed E-state index contributed by atoms with van der Waals surface area (Å²) in [6, 6.07) is 6.62. The van der Waals surface area contributed by atoms with Gasteiger partial charge in [0.05, 0.1) is 18.3 Å². The van der Waals surface area contributed by atoms with Gasteiger partial charge in [-0.3, -0.25) is 14.7 Å². The summed E-state index contributed by atoms with van der Waals surface area (Å²) >= 11 is 3.59. The fraction of sp³-hybridized carbons (Fsp3) is 0.522. The van der Waals surface area contributed by atoms with Crippen molar-refractivity contribution in [3.8, 4) is 0 Å². The van der Waals surface area contributed by atoms with Gasteiger partial charge in [0.25, 0.3) is 0 Å². The lowest BCUT2D eigenvalue weighted by molar-refractivity contribution is -0.137. The quantitative estimate of drug-likeness (QED) is 0.671. The number of hydrogen-bond donors (Lipinski definition) is 0. The zero-order valence-electron chi connectivity index (χ0n) is 18.2. The summed E-state index contributed by atoms with van der Waals surface area (Å²) in [4.78, 5) is 21.5. The van der Waals surface area contributed by atoms with Crippen LogP contribution in [0.2, 0.25) is 0 Å². The van der Waals surface area contributed by atoms with Crippen molar-refractivity contribution in [2.24, 2.45) is 15.5 Å². The highest BCUT2D eigenvalue weighted by molar-refractivity contribution is 9.11. The topological polar surface area (TPSA) is 51.5 Å². The van der Waals surface area contributed by atoms with E-state index in [0.29, 0.717) is 13.1 Å². The van der Waals surface area contributed by atoms with Crippen molar-refractivity contribution in [2.45, 2.75) is 46.7 Å². The van der Waals surface area contributed by atoms with Gasteiger partial charge in [0.2, 0.25) is 5.91 Å². The molecule has 1 unspecified atom stereocenters. The molecule has 0 bridgehead atoms. The summed E-state index contributed by atoms with van der Waals surface area (Å²) < 4.78 is 1.14. The molecule has 0 saturated carbocycles. The van der Waals surface area contributed by atoms with Crippen LogP contribution in [0.15, 0.2) is 39.0 Å². The summed E-state index contributed by atoms with van der Waals surface area (Å²) in [5.41, 5.74) is 4.76. The van der Waals surface area contributed by atoms with Gasteiger partial charge in [-0.15, -0.1) is 0 Å². The SMILES string of the molecule is Cc1cc(C2=NC=NN3C=C(Br)CC23)ccc1CN1CCN(CC(C)(C)C)CC1=O. The Morgan fingerprint density at radius 2 is 2.03 bits per heavy atom. The van der Waals surface area contributed by atoms with E-state index in [1.54, 1.807) is 6.34 Å². The van der Waals surface area contributed by atoms with Crippen molar-refractivity contribution in [1.29, 1.82) is 0 Å². The maximum absolute atomic E-state index is 12.7. The van der Waals surface area contributed by atoms with E-state index in [4.69, 9.17) is 0 Å². The van der Waals surface area contributed by atoms with Gasteiger partial charge in [-0.25, -0.2) is 4.99 Å². The molecule has 3 heterocycles. The van der Waals surface area contributed by atoms with Crippen molar-refractivity contribution in [1.82, 2.24) is 14.8 Å². The lowest BCUT2D eigenvalue weighted by Gasteiger charge is -2.37. The summed E-state index contributed by atoms with van der Waals surface area (Å²) in [6.45, 7) is 12.6. The summed E-state index contributed by atoms with van der Waals surface area (Å²) in [5, 5.41) is 6.30. The first kappa shape index (κ1) is 21.2. The minimum Gasteiger partial charge on any atom is -0.336 e. The highest BCUT2D eigenvalue weighted by Crippen LogP contribution is 2.31. The zero-order valence-corrected chi connectivity index (χ0v) is 19.8.